The average molecular weight is 833 g/mol. The second-order valence-electron chi connectivity index (χ2n) is 18.3. The van der Waals surface area contributed by atoms with Crippen LogP contribution < -0.4 is 15.4 Å². The minimum atomic E-state index is -0.775. The maximum Gasteiger partial charge on any atom is 0.407 e. The van der Waals surface area contributed by atoms with Crippen LogP contribution in [-0.2, 0) is 25.7 Å². The largest absolute Gasteiger partial charge is 0.488 e. The lowest BCUT2D eigenvalue weighted by Crippen LogP contribution is -2.54. The van der Waals surface area contributed by atoms with Crippen molar-refractivity contribution in [3.63, 3.8) is 0 Å². The Hall–Kier alpha value is -6.12. The van der Waals surface area contributed by atoms with Gasteiger partial charge in [-0.15, -0.1) is 0 Å². The number of hydrogen-bond donors (Lipinski definition) is 4. The first-order chi connectivity index (χ1) is 29.1. The van der Waals surface area contributed by atoms with Gasteiger partial charge in [-0.05, 0) is 89.8 Å². The van der Waals surface area contributed by atoms with E-state index in [-0.39, 0.29) is 41.8 Å². The van der Waals surface area contributed by atoms with E-state index in [1.807, 2.05) is 63.6 Å². The van der Waals surface area contributed by atoms with Crippen LogP contribution >= 0.6 is 0 Å². The van der Waals surface area contributed by atoms with E-state index in [9.17, 15) is 19.2 Å². The fourth-order valence-electron chi connectivity index (χ4n) is 9.31. The second-order valence-corrected chi connectivity index (χ2v) is 18.3. The van der Waals surface area contributed by atoms with Gasteiger partial charge in [0.15, 0.2) is 0 Å². The second kappa shape index (κ2) is 16.1. The third-order valence-electron chi connectivity index (χ3n) is 12.6. The smallest absolute Gasteiger partial charge is 0.407 e. The number of amides is 4. The molecule has 0 spiro atoms. The highest BCUT2D eigenvalue weighted by Crippen LogP contribution is 2.44. The quantitative estimate of drug-likeness (QED) is 0.121. The summed E-state index contributed by atoms with van der Waals surface area (Å²) in [7, 11) is 2.59. The number of benzene rings is 3. The van der Waals surface area contributed by atoms with E-state index >= 15 is 0 Å². The fourth-order valence-corrected chi connectivity index (χ4v) is 9.31. The number of carbonyl (C=O) groups is 4. The Balaban J connectivity index is 1.05. The molecule has 322 valence electrons. The Morgan fingerprint density at radius 1 is 0.885 bits per heavy atom. The molecule has 6 atom stereocenters. The Morgan fingerprint density at radius 3 is 2.36 bits per heavy atom. The van der Waals surface area contributed by atoms with Crippen LogP contribution in [0.5, 0.6) is 5.75 Å². The lowest BCUT2D eigenvalue weighted by atomic mass is 9.85. The number of aromatic amines is 2. The monoisotopic (exact) mass is 832 g/mol. The molecular weight excluding hydrogens is 777 g/mol. The van der Waals surface area contributed by atoms with Gasteiger partial charge in [0, 0.05) is 23.5 Å². The van der Waals surface area contributed by atoms with Gasteiger partial charge in [0.05, 0.1) is 49.2 Å². The van der Waals surface area contributed by atoms with Gasteiger partial charge in [0.1, 0.15) is 36.1 Å². The topological polar surface area (TPSA) is 184 Å². The molecule has 15 nitrogen and oxygen atoms in total. The third kappa shape index (κ3) is 7.74. The number of aromatic nitrogens is 4. The van der Waals surface area contributed by atoms with Crippen LogP contribution in [0.15, 0.2) is 48.7 Å². The number of alkyl carbamates (subject to hydrolysis) is 2. The predicted octanol–water partition coefficient (Wildman–Crippen LogP) is 7.78. The van der Waals surface area contributed by atoms with Gasteiger partial charge in [0.25, 0.3) is 0 Å². The zero-order valence-electron chi connectivity index (χ0n) is 36.3. The zero-order chi connectivity index (χ0) is 43.5. The van der Waals surface area contributed by atoms with E-state index in [2.05, 4.69) is 63.9 Å². The molecule has 61 heavy (non-hydrogen) atoms. The van der Waals surface area contributed by atoms with Crippen molar-refractivity contribution in [1.29, 1.82) is 0 Å². The highest BCUT2D eigenvalue weighted by molar-refractivity contribution is 6.07. The summed E-state index contributed by atoms with van der Waals surface area (Å²) < 4.78 is 16.1. The summed E-state index contributed by atoms with van der Waals surface area (Å²) in [6, 6.07) is 12.6. The molecule has 4 amide bonds. The van der Waals surface area contributed by atoms with Crippen molar-refractivity contribution in [3.05, 3.63) is 65.9 Å². The number of nitrogens with zero attached hydrogens (tertiary/aromatic N) is 4. The molecule has 3 aliphatic rings. The van der Waals surface area contributed by atoms with Crippen LogP contribution in [0.4, 0.5) is 9.59 Å². The molecule has 3 aliphatic heterocycles. The minimum absolute atomic E-state index is 0.0166. The van der Waals surface area contributed by atoms with Crippen molar-refractivity contribution in [2.24, 2.45) is 17.3 Å². The van der Waals surface area contributed by atoms with Gasteiger partial charge in [-0.2, -0.15) is 0 Å². The van der Waals surface area contributed by atoms with Crippen molar-refractivity contribution in [1.82, 2.24) is 40.4 Å². The van der Waals surface area contributed by atoms with Gasteiger partial charge < -0.3 is 44.6 Å². The molecule has 4 N–H and O–H groups in total. The number of methoxy groups -OCH3 is 2. The van der Waals surface area contributed by atoms with Gasteiger partial charge in [-0.3, -0.25) is 9.59 Å². The van der Waals surface area contributed by atoms with Crippen molar-refractivity contribution in [3.8, 4) is 28.1 Å². The van der Waals surface area contributed by atoms with Gasteiger partial charge in [0.2, 0.25) is 11.8 Å². The van der Waals surface area contributed by atoms with E-state index < -0.39 is 29.7 Å². The number of carbonyl (C=O) groups excluding carboxylic acids is 4. The summed E-state index contributed by atoms with van der Waals surface area (Å²) in [5.41, 5.74) is 6.04. The lowest BCUT2D eigenvalue weighted by molar-refractivity contribution is -0.138. The van der Waals surface area contributed by atoms with Crippen molar-refractivity contribution in [2.75, 3.05) is 20.8 Å². The number of rotatable bonds is 8. The first kappa shape index (κ1) is 41.6. The van der Waals surface area contributed by atoms with Gasteiger partial charge in [-0.1, -0.05) is 59.7 Å². The molecule has 3 unspecified atom stereocenters. The molecule has 3 aromatic carbocycles. The average Bonchev–Trinajstić information content (AvgIpc) is 4.05. The maximum atomic E-state index is 14.1. The molecule has 5 heterocycles. The SMILES string of the molecule is COC(=O)NC(C(=O)N1C(c2ncc(-c3ccc4c(c3)COc3cc5c(ccc6nc(C7C[C@H](C)CN7C(=O)[C@@H](NC(=O)OC)C(C)(C)C)[nH]c65)cc3-4)[nH]2)CC[C@@H]1C)C(C)C. The van der Waals surface area contributed by atoms with Crippen LogP contribution in [0.2, 0.25) is 0 Å². The van der Waals surface area contributed by atoms with Crippen molar-refractivity contribution >= 4 is 45.8 Å². The molecule has 5 aromatic rings. The van der Waals surface area contributed by atoms with Crippen LogP contribution in [0.25, 0.3) is 44.2 Å². The molecular formula is C46H56N8O7. The third-order valence-corrected chi connectivity index (χ3v) is 12.6. The predicted molar refractivity (Wildman–Crippen MR) is 230 cm³/mol. The van der Waals surface area contributed by atoms with E-state index in [0.717, 1.165) is 74.8 Å². The lowest BCUT2D eigenvalue weighted by Gasteiger charge is -2.35. The standard InChI is InChI=1S/C46H56N8O7/c1-23(2)37(51-44(57)59-8)42(55)54-25(4)10-15-34(54)40-47-20-33(49-40)27-11-13-29-28(17-27)22-61-36-19-30-26(18-31(29)36)12-14-32-38(30)50-41(48-32)35-16-24(3)21-53(35)43(56)39(46(5,6)7)52-45(58)60-9/h11-14,17-20,23-25,34-35,37,39H,10,15-16,21-22H2,1-9H3,(H,47,49)(H,48,50)(H,51,57)(H,52,58)/t24-,25-,34?,35?,37?,39+/m0/s1. The number of imidazole rings is 2. The molecule has 2 fully saturated rings. The van der Waals surface area contributed by atoms with E-state index in [0.29, 0.717) is 24.8 Å². The molecule has 0 bridgehead atoms. The zero-order valence-corrected chi connectivity index (χ0v) is 36.3. The summed E-state index contributed by atoms with van der Waals surface area (Å²) in [6.07, 6.45) is 2.85. The Labute approximate surface area is 355 Å². The first-order valence-electron chi connectivity index (χ1n) is 21.2. The highest BCUT2D eigenvalue weighted by Gasteiger charge is 2.44. The number of ether oxygens (including phenoxy) is 3. The number of hydrogen-bond acceptors (Lipinski definition) is 9. The fraction of sp³-hybridized carbons (Fsp3) is 0.478. The normalized spacial score (nSPS) is 20.9. The van der Waals surface area contributed by atoms with Crippen molar-refractivity contribution < 1.29 is 33.4 Å². The summed E-state index contributed by atoms with van der Waals surface area (Å²) >= 11 is 0. The Bertz CT molecular complexity index is 2520. The van der Waals surface area contributed by atoms with Crippen LogP contribution in [-0.4, -0.2) is 92.6 Å². The number of H-pyrrole nitrogens is 2. The summed E-state index contributed by atoms with van der Waals surface area (Å²) in [5, 5.41) is 7.49. The van der Waals surface area contributed by atoms with Crippen molar-refractivity contribution in [2.45, 2.75) is 105 Å². The minimum Gasteiger partial charge on any atom is -0.488 e. The molecule has 2 aromatic heterocycles. The van der Waals surface area contributed by atoms with E-state index in [1.165, 1.54) is 14.2 Å². The molecule has 15 heteroatoms. The summed E-state index contributed by atoms with van der Waals surface area (Å²) in [5.74, 6) is 1.99. The summed E-state index contributed by atoms with van der Waals surface area (Å²) in [6.45, 7) is 14.7. The van der Waals surface area contributed by atoms with Crippen LogP contribution in [0.1, 0.15) is 97.0 Å². The van der Waals surface area contributed by atoms with E-state index in [4.69, 9.17) is 24.2 Å². The number of likely N-dealkylation sites (tertiary alicyclic amines) is 2. The highest BCUT2D eigenvalue weighted by atomic mass is 16.5. The Kier molecular flexibility index (Phi) is 10.9. The van der Waals surface area contributed by atoms with E-state index in [1.54, 1.807) is 0 Å². The number of nitrogens with one attached hydrogen (secondary N) is 4. The maximum absolute atomic E-state index is 14.1. The summed E-state index contributed by atoms with van der Waals surface area (Å²) in [4.78, 5) is 72.9. The number of fused-ring (bicyclic) bond motifs is 6. The molecule has 8 rings (SSSR count). The Morgan fingerprint density at radius 2 is 1.64 bits per heavy atom. The van der Waals surface area contributed by atoms with Gasteiger partial charge >= 0.3 is 12.2 Å². The molecule has 0 radical (unpaired) electrons. The van der Waals surface area contributed by atoms with Crippen LogP contribution in [0.3, 0.4) is 0 Å². The van der Waals surface area contributed by atoms with Crippen LogP contribution in [0, 0.1) is 17.3 Å². The van der Waals surface area contributed by atoms with Gasteiger partial charge in [-0.25, -0.2) is 19.6 Å². The molecule has 2 saturated heterocycles. The molecule has 0 aliphatic carbocycles. The molecule has 0 saturated carbocycles. The first-order valence-corrected chi connectivity index (χ1v) is 21.2.